The molecule has 3 nitrogen and oxygen atoms in total. The van der Waals surface area contributed by atoms with Crippen LogP contribution in [0.15, 0.2) is 24.3 Å². The van der Waals surface area contributed by atoms with E-state index in [2.05, 4.69) is 38.2 Å². The van der Waals surface area contributed by atoms with Crippen molar-refractivity contribution in [2.75, 3.05) is 13.1 Å². The Morgan fingerprint density at radius 1 is 1.20 bits per heavy atom. The SMILES string of the molecule is Cc1ccccc1C(C)(C)C(=O)N1CC(C)NC(C)C1. The molecular weight excluding hydrogens is 248 g/mol. The van der Waals surface area contributed by atoms with Crippen molar-refractivity contribution >= 4 is 5.91 Å². The lowest BCUT2D eigenvalue weighted by Gasteiger charge is -2.40. The summed E-state index contributed by atoms with van der Waals surface area (Å²) in [6.07, 6.45) is 0. The van der Waals surface area contributed by atoms with Crippen LogP contribution in [-0.2, 0) is 10.2 Å². The van der Waals surface area contributed by atoms with E-state index >= 15 is 0 Å². The molecule has 20 heavy (non-hydrogen) atoms. The van der Waals surface area contributed by atoms with Crippen LogP contribution in [0.5, 0.6) is 0 Å². The summed E-state index contributed by atoms with van der Waals surface area (Å²) < 4.78 is 0. The zero-order chi connectivity index (χ0) is 14.9. The molecule has 1 N–H and O–H groups in total. The highest BCUT2D eigenvalue weighted by Gasteiger charge is 2.37. The summed E-state index contributed by atoms with van der Waals surface area (Å²) in [6.45, 7) is 12.0. The van der Waals surface area contributed by atoms with Gasteiger partial charge in [0.25, 0.3) is 0 Å². The number of nitrogens with zero attached hydrogens (tertiary/aromatic N) is 1. The maximum atomic E-state index is 13.0. The van der Waals surface area contributed by atoms with Crippen molar-refractivity contribution < 1.29 is 4.79 Å². The van der Waals surface area contributed by atoms with Gasteiger partial charge in [0.15, 0.2) is 0 Å². The lowest BCUT2D eigenvalue weighted by molar-refractivity contribution is -0.138. The molecule has 2 rings (SSSR count). The van der Waals surface area contributed by atoms with Gasteiger partial charge in [0.1, 0.15) is 0 Å². The van der Waals surface area contributed by atoms with Crippen molar-refractivity contribution in [3.05, 3.63) is 35.4 Å². The van der Waals surface area contributed by atoms with Gasteiger partial charge in [0.05, 0.1) is 5.41 Å². The summed E-state index contributed by atoms with van der Waals surface area (Å²) in [5.41, 5.74) is 1.84. The number of aryl methyl sites for hydroxylation is 1. The number of piperazine rings is 1. The maximum Gasteiger partial charge on any atom is 0.232 e. The second-order valence-corrected chi connectivity index (χ2v) is 6.62. The zero-order valence-corrected chi connectivity index (χ0v) is 13.2. The number of carbonyl (C=O) groups is 1. The smallest absolute Gasteiger partial charge is 0.232 e. The third kappa shape index (κ3) is 2.88. The number of benzene rings is 1. The van der Waals surface area contributed by atoms with Crippen molar-refractivity contribution in [3.8, 4) is 0 Å². The lowest BCUT2D eigenvalue weighted by atomic mass is 9.80. The van der Waals surface area contributed by atoms with Crippen LogP contribution < -0.4 is 5.32 Å². The van der Waals surface area contributed by atoms with Gasteiger partial charge < -0.3 is 10.2 Å². The Morgan fingerprint density at radius 3 is 2.30 bits per heavy atom. The summed E-state index contributed by atoms with van der Waals surface area (Å²) in [4.78, 5) is 15.0. The summed E-state index contributed by atoms with van der Waals surface area (Å²) in [7, 11) is 0. The molecule has 0 spiro atoms. The van der Waals surface area contributed by atoms with Gasteiger partial charge in [-0.3, -0.25) is 4.79 Å². The molecule has 1 amide bonds. The Labute approximate surface area is 122 Å². The fourth-order valence-corrected chi connectivity index (χ4v) is 3.28. The number of rotatable bonds is 2. The Hall–Kier alpha value is -1.35. The first-order valence-corrected chi connectivity index (χ1v) is 7.44. The first-order chi connectivity index (χ1) is 9.32. The number of nitrogens with one attached hydrogen (secondary N) is 1. The van der Waals surface area contributed by atoms with Gasteiger partial charge in [0, 0.05) is 25.2 Å². The lowest BCUT2D eigenvalue weighted by Crippen LogP contribution is -2.58. The van der Waals surface area contributed by atoms with E-state index in [1.807, 2.05) is 30.9 Å². The molecule has 0 radical (unpaired) electrons. The first kappa shape index (κ1) is 15.0. The fraction of sp³-hybridized carbons (Fsp3) is 0.588. The highest BCUT2D eigenvalue weighted by atomic mass is 16.2. The van der Waals surface area contributed by atoms with E-state index in [1.165, 1.54) is 5.56 Å². The third-order valence-corrected chi connectivity index (χ3v) is 4.20. The Morgan fingerprint density at radius 2 is 1.75 bits per heavy atom. The van der Waals surface area contributed by atoms with Crippen LogP contribution in [0.2, 0.25) is 0 Å². The highest BCUT2D eigenvalue weighted by Crippen LogP contribution is 2.29. The Balaban J connectivity index is 2.25. The van der Waals surface area contributed by atoms with Crippen molar-refractivity contribution in [3.63, 3.8) is 0 Å². The van der Waals surface area contributed by atoms with Crippen molar-refractivity contribution in [2.24, 2.45) is 0 Å². The molecule has 1 aromatic carbocycles. The molecule has 2 unspecified atom stereocenters. The fourth-order valence-electron chi connectivity index (χ4n) is 3.28. The largest absolute Gasteiger partial charge is 0.339 e. The molecule has 110 valence electrons. The van der Waals surface area contributed by atoms with Crippen LogP contribution in [0.25, 0.3) is 0 Å². The number of hydrogen-bond donors (Lipinski definition) is 1. The highest BCUT2D eigenvalue weighted by molar-refractivity contribution is 5.88. The van der Waals surface area contributed by atoms with Crippen LogP contribution in [0, 0.1) is 6.92 Å². The topological polar surface area (TPSA) is 32.3 Å². The van der Waals surface area contributed by atoms with Crippen LogP contribution in [0.4, 0.5) is 0 Å². The standard InChI is InChI=1S/C17H26N2O/c1-12-8-6-7-9-15(12)17(4,5)16(20)19-10-13(2)18-14(3)11-19/h6-9,13-14,18H,10-11H2,1-5H3. The zero-order valence-electron chi connectivity index (χ0n) is 13.2. The van der Waals surface area contributed by atoms with Crippen LogP contribution in [0.3, 0.4) is 0 Å². The summed E-state index contributed by atoms with van der Waals surface area (Å²) in [6, 6.07) is 8.90. The second-order valence-electron chi connectivity index (χ2n) is 6.62. The summed E-state index contributed by atoms with van der Waals surface area (Å²) in [5, 5.41) is 3.47. The molecule has 0 aliphatic carbocycles. The van der Waals surface area contributed by atoms with Crippen molar-refractivity contribution in [2.45, 2.75) is 52.1 Å². The van der Waals surface area contributed by atoms with Crippen LogP contribution >= 0.6 is 0 Å². The second kappa shape index (κ2) is 5.57. The predicted octanol–water partition coefficient (Wildman–Crippen LogP) is 2.48. The minimum absolute atomic E-state index is 0.229. The summed E-state index contributed by atoms with van der Waals surface area (Å²) >= 11 is 0. The molecule has 1 aliphatic rings. The molecule has 0 aromatic heterocycles. The molecule has 0 bridgehead atoms. The minimum atomic E-state index is -0.470. The Bertz CT molecular complexity index is 486. The molecule has 1 aromatic rings. The van der Waals surface area contributed by atoms with Crippen LogP contribution in [0.1, 0.15) is 38.8 Å². The number of hydrogen-bond acceptors (Lipinski definition) is 2. The van der Waals surface area contributed by atoms with Crippen LogP contribution in [-0.4, -0.2) is 36.0 Å². The van der Waals surface area contributed by atoms with Gasteiger partial charge >= 0.3 is 0 Å². The van der Waals surface area contributed by atoms with E-state index in [0.717, 1.165) is 18.7 Å². The third-order valence-electron chi connectivity index (χ3n) is 4.20. The van der Waals surface area contributed by atoms with Gasteiger partial charge in [-0.05, 0) is 45.7 Å². The molecule has 3 heteroatoms. The van der Waals surface area contributed by atoms with E-state index in [9.17, 15) is 4.79 Å². The first-order valence-electron chi connectivity index (χ1n) is 7.44. The molecule has 0 saturated carbocycles. The van der Waals surface area contributed by atoms with Crippen molar-refractivity contribution in [1.82, 2.24) is 10.2 Å². The van der Waals surface area contributed by atoms with Gasteiger partial charge in [-0.25, -0.2) is 0 Å². The molecule has 1 aliphatic heterocycles. The van der Waals surface area contributed by atoms with E-state index in [1.54, 1.807) is 0 Å². The quantitative estimate of drug-likeness (QED) is 0.898. The molecule has 1 saturated heterocycles. The maximum absolute atomic E-state index is 13.0. The molecule has 2 atom stereocenters. The normalized spacial score (nSPS) is 23.8. The molecule has 1 fully saturated rings. The molecule has 1 heterocycles. The van der Waals surface area contributed by atoms with E-state index in [-0.39, 0.29) is 5.91 Å². The Kier molecular flexibility index (Phi) is 4.19. The summed E-state index contributed by atoms with van der Waals surface area (Å²) in [5.74, 6) is 0.229. The minimum Gasteiger partial charge on any atom is -0.339 e. The van der Waals surface area contributed by atoms with Crippen molar-refractivity contribution in [1.29, 1.82) is 0 Å². The van der Waals surface area contributed by atoms with Gasteiger partial charge in [-0.15, -0.1) is 0 Å². The average Bonchev–Trinajstić information content (AvgIpc) is 2.37. The van der Waals surface area contributed by atoms with Gasteiger partial charge in [0.2, 0.25) is 5.91 Å². The van der Waals surface area contributed by atoms with E-state index in [0.29, 0.717) is 12.1 Å². The number of carbonyl (C=O) groups excluding carboxylic acids is 1. The van der Waals surface area contributed by atoms with E-state index in [4.69, 9.17) is 0 Å². The monoisotopic (exact) mass is 274 g/mol. The molecular formula is C17H26N2O. The van der Waals surface area contributed by atoms with Gasteiger partial charge in [-0.1, -0.05) is 24.3 Å². The van der Waals surface area contributed by atoms with Gasteiger partial charge in [-0.2, -0.15) is 0 Å². The van der Waals surface area contributed by atoms with E-state index < -0.39 is 5.41 Å². The predicted molar refractivity (Wildman–Crippen MR) is 82.8 cm³/mol. The average molecular weight is 274 g/mol. The number of amides is 1.